The van der Waals surface area contributed by atoms with Gasteiger partial charge in [0.1, 0.15) is 11.4 Å². The summed E-state index contributed by atoms with van der Waals surface area (Å²) >= 11 is 0. The maximum atomic E-state index is 13.2. The van der Waals surface area contributed by atoms with Crippen LogP contribution in [0.2, 0.25) is 0 Å². The van der Waals surface area contributed by atoms with Crippen molar-refractivity contribution in [3.05, 3.63) is 130 Å². The molecule has 2 aromatic heterocycles. The van der Waals surface area contributed by atoms with Crippen molar-refractivity contribution in [1.29, 1.82) is 0 Å². The van der Waals surface area contributed by atoms with Crippen LogP contribution in [-0.2, 0) is 17.7 Å². The number of aromatic carboxylic acids is 1. The molecule has 42 heavy (non-hydrogen) atoms. The van der Waals surface area contributed by atoms with Crippen LogP contribution in [0, 0.1) is 0 Å². The lowest BCUT2D eigenvalue weighted by molar-refractivity contribution is 0.0699. The first kappa shape index (κ1) is 28.3. The molecule has 0 saturated heterocycles. The van der Waals surface area contributed by atoms with E-state index < -0.39 is 17.9 Å². The Hall–Kier alpha value is -5.28. The van der Waals surface area contributed by atoms with Gasteiger partial charge in [-0.15, -0.1) is 0 Å². The number of hydrogen-bond donors (Lipinski definition) is 3. The van der Waals surface area contributed by atoms with E-state index >= 15 is 0 Å². The smallest absolute Gasteiger partial charge is 0.336 e. The number of amides is 1. The van der Waals surface area contributed by atoms with Gasteiger partial charge < -0.3 is 24.8 Å². The van der Waals surface area contributed by atoms with E-state index in [1.165, 1.54) is 19.2 Å². The van der Waals surface area contributed by atoms with Crippen molar-refractivity contribution in [2.24, 2.45) is 0 Å². The third-order valence-electron chi connectivity index (χ3n) is 6.91. The first-order valence-corrected chi connectivity index (χ1v) is 13.3. The third kappa shape index (κ3) is 6.54. The van der Waals surface area contributed by atoms with Crippen LogP contribution in [0.5, 0.6) is 5.75 Å². The Morgan fingerprint density at radius 3 is 2.45 bits per heavy atom. The number of benzene rings is 3. The molecule has 0 bridgehead atoms. The van der Waals surface area contributed by atoms with Crippen molar-refractivity contribution in [3.63, 3.8) is 0 Å². The number of methoxy groups -OCH3 is 1. The maximum Gasteiger partial charge on any atom is 0.336 e. The molecule has 0 unspecified atom stereocenters. The predicted molar refractivity (Wildman–Crippen MR) is 159 cm³/mol. The fraction of sp³-hybridized carbons (Fsp3) is 0.152. The van der Waals surface area contributed by atoms with Crippen LogP contribution in [0.1, 0.15) is 32.0 Å². The van der Waals surface area contributed by atoms with Gasteiger partial charge in [-0.05, 0) is 71.1 Å². The van der Waals surface area contributed by atoms with E-state index in [4.69, 9.17) is 4.74 Å². The van der Waals surface area contributed by atoms with Crippen molar-refractivity contribution in [2.75, 3.05) is 13.7 Å². The largest absolute Gasteiger partial charge is 0.508 e. The van der Waals surface area contributed by atoms with Gasteiger partial charge >= 0.3 is 5.97 Å². The van der Waals surface area contributed by atoms with Gasteiger partial charge in [-0.2, -0.15) is 0 Å². The minimum Gasteiger partial charge on any atom is -0.508 e. The zero-order chi connectivity index (χ0) is 29.6. The number of hydrogen-bond acceptors (Lipinski definition) is 6. The molecule has 9 nitrogen and oxygen atoms in total. The van der Waals surface area contributed by atoms with Gasteiger partial charge in [0.2, 0.25) is 0 Å². The van der Waals surface area contributed by atoms with Crippen LogP contribution in [0.4, 0.5) is 0 Å². The van der Waals surface area contributed by atoms with Crippen LogP contribution in [0.3, 0.4) is 0 Å². The molecule has 0 aliphatic heterocycles. The number of fused-ring (bicyclic) bond motifs is 1. The minimum absolute atomic E-state index is 0.0187. The molecule has 9 heteroatoms. The molecule has 1 amide bonds. The Balaban J connectivity index is 1.42. The number of carbonyl (C=O) groups excluding carboxylic acids is 1. The molecular weight excluding hydrogens is 534 g/mol. The zero-order valence-electron chi connectivity index (χ0n) is 22.9. The number of nitrogens with zero attached hydrogens (tertiary/aromatic N) is 2. The first-order chi connectivity index (χ1) is 20.3. The van der Waals surface area contributed by atoms with Crippen LogP contribution in [-0.4, -0.2) is 51.4 Å². The van der Waals surface area contributed by atoms with Crippen LogP contribution >= 0.6 is 0 Å². The summed E-state index contributed by atoms with van der Waals surface area (Å²) in [7, 11) is 1.53. The maximum absolute atomic E-state index is 13.2. The Morgan fingerprint density at radius 1 is 0.929 bits per heavy atom. The molecule has 2 heterocycles. The second kappa shape index (κ2) is 12.5. The quantitative estimate of drug-likeness (QED) is 0.228. The highest BCUT2D eigenvalue weighted by molar-refractivity contribution is 6.06. The van der Waals surface area contributed by atoms with Crippen molar-refractivity contribution in [1.82, 2.24) is 14.9 Å². The van der Waals surface area contributed by atoms with Gasteiger partial charge in [-0.25, -0.2) is 9.78 Å². The SMILES string of the molecule is COC[C@H](Cc1ccc(O)cc1)NC(=O)c1cc(C(=O)O)c2cc(-c3cccc(Cn4ccccc4=O)c3)ccc2n1. The number of carboxylic acid groups (broad SMARTS) is 1. The fourth-order valence-corrected chi connectivity index (χ4v) is 4.86. The lowest BCUT2D eigenvalue weighted by Gasteiger charge is -2.18. The molecule has 0 spiro atoms. The summed E-state index contributed by atoms with van der Waals surface area (Å²) < 4.78 is 6.89. The molecule has 0 aliphatic carbocycles. The Morgan fingerprint density at radius 2 is 1.71 bits per heavy atom. The lowest BCUT2D eigenvalue weighted by atomic mass is 9.98. The van der Waals surface area contributed by atoms with Crippen molar-refractivity contribution in [3.8, 4) is 16.9 Å². The van der Waals surface area contributed by atoms with Crippen molar-refractivity contribution >= 4 is 22.8 Å². The highest BCUT2D eigenvalue weighted by Crippen LogP contribution is 2.27. The molecular formula is C33H29N3O6. The van der Waals surface area contributed by atoms with Crippen molar-refractivity contribution in [2.45, 2.75) is 19.0 Å². The number of phenolic OH excluding ortho intramolecular Hbond substituents is 1. The molecule has 3 aromatic carbocycles. The lowest BCUT2D eigenvalue weighted by Crippen LogP contribution is -2.40. The predicted octanol–water partition coefficient (Wildman–Crippen LogP) is 4.50. The summed E-state index contributed by atoms with van der Waals surface area (Å²) in [6.45, 7) is 0.631. The molecule has 3 N–H and O–H groups in total. The topological polar surface area (TPSA) is 131 Å². The monoisotopic (exact) mass is 563 g/mol. The summed E-state index contributed by atoms with van der Waals surface area (Å²) in [4.78, 5) is 42.1. The summed E-state index contributed by atoms with van der Waals surface area (Å²) in [6, 6.07) is 25.5. The number of phenols is 1. The average molecular weight is 564 g/mol. The van der Waals surface area contributed by atoms with E-state index in [0.717, 1.165) is 22.3 Å². The highest BCUT2D eigenvalue weighted by atomic mass is 16.5. The van der Waals surface area contributed by atoms with Crippen LogP contribution in [0.25, 0.3) is 22.0 Å². The number of aromatic hydroxyl groups is 1. The normalized spacial score (nSPS) is 11.7. The average Bonchev–Trinajstić information content (AvgIpc) is 2.99. The van der Waals surface area contributed by atoms with Gasteiger partial charge in [-0.1, -0.05) is 42.5 Å². The second-order valence-corrected chi connectivity index (χ2v) is 9.96. The van der Waals surface area contributed by atoms with E-state index in [9.17, 15) is 24.6 Å². The van der Waals surface area contributed by atoms with E-state index in [0.29, 0.717) is 23.9 Å². The molecule has 0 saturated carbocycles. The molecule has 0 radical (unpaired) electrons. The van der Waals surface area contributed by atoms with Gasteiger partial charge in [0.05, 0.1) is 30.3 Å². The second-order valence-electron chi connectivity index (χ2n) is 9.96. The summed E-state index contributed by atoms with van der Waals surface area (Å²) in [5, 5.41) is 22.9. The molecule has 0 aliphatic rings. The fourth-order valence-electron chi connectivity index (χ4n) is 4.86. The molecule has 5 rings (SSSR count). The molecule has 1 atom stereocenters. The number of rotatable bonds is 10. The van der Waals surface area contributed by atoms with Crippen LogP contribution in [0.15, 0.2) is 102 Å². The van der Waals surface area contributed by atoms with Gasteiger partial charge in [0.15, 0.2) is 0 Å². The minimum atomic E-state index is -1.18. The van der Waals surface area contributed by atoms with Crippen molar-refractivity contribution < 1.29 is 24.5 Å². The first-order valence-electron chi connectivity index (χ1n) is 13.3. The number of ether oxygens (including phenoxy) is 1. The highest BCUT2D eigenvalue weighted by Gasteiger charge is 2.20. The number of pyridine rings is 2. The molecule has 0 fully saturated rings. The summed E-state index contributed by atoms with van der Waals surface area (Å²) in [5.74, 6) is -1.55. The van der Waals surface area contributed by atoms with Gasteiger partial charge in [0, 0.05) is 24.8 Å². The van der Waals surface area contributed by atoms with E-state index in [-0.39, 0.29) is 29.2 Å². The van der Waals surface area contributed by atoms with E-state index in [1.54, 1.807) is 59.3 Å². The number of carboxylic acids is 1. The van der Waals surface area contributed by atoms with Crippen LogP contribution < -0.4 is 10.9 Å². The molecule has 5 aromatic rings. The van der Waals surface area contributed by atoms with Gasteiger partial charge in [0.25, 0.3) is 11.5 Å². The Labute approximate surface area is 241 Å². The Kier molecular flexibility index (Phi) is 8.40. The third-order valence-corrected chi connectivity index (χ3v) is 6.91. The van der Waals surface area contributed by atoms with E-state index in [2.05, 4.69) is 10.3 Å². The summed E-state index contributed by atoms with van der Waals surface area (Å²) in [5.41, 5.74) is 3.66. The number of carbonyl (C=O) groups is 2. The Bertz CT molecular complexity index is 1810. The zero-order valence-corrected chi connectivity index (χ0v) is 22.9. The number of aromatic nitrogens is 2. The van der Waals surface area contributed by atoms with E-state index in [1.807, 2.05) is 30.3 Å². The molecule has 212 valence electrons. The summed E-state index contributed by atoms with van der Waals surface area (Å²) in [6.07, 6.45) is 2.18. The number of nitrogens with one attached hydrogen (secondary N) is 1. The standard InChI is InChI=1S/C33H29N3O6/c1-42-20-25(16-21-8-11-26(37)12-9-21)34-32(39)30-18-28(33(40)41)27-17-24(10-13-29(27)35-30)23-6-4-5-22(15-23)19-36-14-3-2-7-31(36)38/h2-15,17-18,25,37H,16,19-20H2,1H3,(H,34,39)(H,40,41)/t25-/m0/s1. The van der Waals surface area contributed by atoms with Gasteiger partial charge in [-0.3, -0.25) is 9.59 Å².